The first-order valence-electron chi connectivity index (χ1n) is 9.46. The number of hydrogen-bond donors (Lipinski definition) is 1. The number of aromatic nitrogens is 1. The maximum atomic E-state index is 12.2. The zero-order valence-corrected chi connectivity index (χ0v) is 15.6. The van der Waals surface area contributed by atoms with E-state index in [0.717, 1.165) is 39.2 Å². The minimum Gasteiger partial charge on any atom is -0.487 e. The Morgan fingerprint density at radius 1 is 0.862 bits per heavy atom. The third kappa shape index (κ3) is 3.48. The van der Waals surface area contributed by atoms with Gasteiger partial charge in [0.15, 0.2) is 0 Å². The predicted molar refractivity (Wildman–Crippen MR) is 115 cm³/mol. The summed E-state index contributed by atoms with van der Waals surface area (Å²) in [6, 6.07) is 27.5. The molecule has 0 saturated carbocycles. The number of ether oxygens (including phenoxy) is 1. The molecule has 1 N–H and O–H groups in total. The molecule has 0 fully saturated rings. The van der Waals surface area contributed by atoms with E-state index in [-0.39, 0.29) is 5.91 Å². The van der Waals surface area contributed by atoms with Crippen molar-refractivity contribution < 1.29 is 9.53 Å². The van der Waals surface area contributed by atoms with Crippen LogP contribution in [-0.4, -0.2) is 10.9 Å². The van der Waals surface area contributed by atoms with E-state index >= 15 is 0 Å². The zero-order valence-electron chi connectivity index (χ0n) is 15.6. The summed E-state index contributed by atoms with van der Waals surface area (Å²) in [4.78, 5) is 16.9. The van der Waals surface area contributed by atoms with Crippen molar-refractivity contribution >= 4 is 34.1 Å². The number of carbonyl (C=O) groups is 1. The van der Waals surface area contributed by atoms with Crippen molar-refractivity contribution in [2.75, 3.05) is 5.32 Å². The molecule has 3 aromatic carbocycles. The monoisotopic (exact) mass is 378 g/mol. The van der Waals surface area contributed by atoms with Crippen LogP contribution in [0.4, 0.5) is 5.69 Å². The molecule has 2 heterocycles. The number of pyridine rings is 1. The van der Waals surface area contributed by atoms with Crippen molar-refractivity contribution in [3.8, 4) is 5.75 Å². The summed E-state index contributed by atoms with van der Waals surface area (Å²) in [5, 5.41) is 4.01. The molecule has 0 saturated heterocycles. The van der Waals surface area contributed by atoms with Crippen LogP contribution in [0, 0.1) is 0 Å². The third-order valence-electron chi connectivity index (χ3n) is 4.94. The van der Waals surface area contributed by atoms with Gasteiger partial charge < -0.3 is 10.1 Å². The van der Waals surface area contributed by atoms with Crippen molar-refractivity contribution in [1.29, 1.82) is 0 Å². The van der Waals surface area contributed by atoms with Gasteiger partial charge in [0.2, 0.25) is 0 Å². The number of carbonyl (C=O) groups excluding carboxylic acids is 1. The van der Waals surface area contributed by atoms with Crippen LogP contribution >= 0.6 is 0 Å². The fraction of sp³-hybridized carbons (Fsp3) is 0.0400. The lowest BCUT2D eigenvalue weighted by Crippen LogP contribution is -2.03. The topological polar surface area (TPSA) is 51.2 Å². The second-order valence-electron chi connectivity index (χ2n) is 6.91. The fourth-order valence-electron chi connectivity index (χ4n) is 3.46. The van der Waals surface area contributed by atoms with E-state index in [0.29, 0.717) is 12.2 Å². The van der Waals surface area contributed by atoms with Crippen molar-refractivity contribution in [3.05, 3.63) is 102 Å². The Hall–Kier alpha value is -3.92. The average Bonchev–Trinajstić information content (AvgIpc) is 3.08. The Balaban J connectivity index is 1.31. The molecule has 1 aliphatic heterocycles. The molecule has 0 bridgehead atoms. The fourth-order valence-corrected chi connectivity index (χ4v) is 3.46. The predicted octanol–water partition coefficient (Wildman–Crippen LogP) is 5.31. The number of hydrogen-bond acceptors (Lipinski definition) is 3. The van der Waals surface area contributed by atoms with E-state index in [1.165, 1.54) is 0 Å². The van der Waals surface area contributed by atoms with Crippen LogP contribution in [0.5, 0.6) is 5.75 Å². The number of nitrogens with zero attached hydrogens (tertiary/aromatic N) is 1. The number of para-hydroxylation sites is 2. The van der Waals surface area contributed by atoms with E-state index in [1.807, 2.05) is 84.9 Å². The van der Waals surface area contributed by atoms with Crippen LogP contribution in [0.25, 0.3) is 22.6 Å². The minimum atomic E-state index is -0.0751. The molecule has 5 rings (SSSR count). The lowest BCUT2D eigenvalue weighted by atomic mass is 10.0. The van der Waals surface area contributed by atoms with E-state index < -0.39 is 0 Å². The first kappa shape index (κ1) is 17.2. The molecule has 0 atom stereocenters. The Morgan fingerprint density at radius 3 is 2.55 bits per heavy atom. The average molecular weight is 378 g/mol. The molecule has 29 heavy (non-hydrogen) atoms. The molecule has 1 amide bonds. The summed E-state index contributed by atoms with van der Waals surface area (Å²) in [5.41, 5.74) is 5.25. The highest BCUT2D eigenvalue weighted by atomic mass is 16.5. The minimum absolute atomic E-state index is 0.0751. The Kier molecular flexibility index (Phi) is 4.30. The van der Waals surface area contributed by atoms with Gasteiger partial charge in [-0.25, -0.2) is 4.98 Å². The van der Waals surface area contributed by atoms with Crippen molar-refractivity contribution in [2.24, 2.45) is 0 Å². The molecule has 4 nitrogen and oxygen atoms in total. The summed E-state index contributed by atoms with van der Waals surface area (Å²) >= 11 is 0. The quantitative estimate of drug-likeness (QED) is 0.490. The maximum absolute atomic E-state index is 12.2. The molecule has 0 unspecified atom stereocenters. The molecule has 4 heteroatoms. The van der Waals surface area contributed by atoms with Gasteiger partial charge in [0.1, 0.15) is 12.4 Å². The number of amides is 1. The summed E-state index contributed by atoms with van der Waals surface area (Å²) in [6.07, 6.45) is 1.90. The van der Waals surface area contributed by atoms with Gasteiger partial charge in [-0.3, -0.25) is 4.79 Å². The second kappa shape index (κ2) is 7.24. The Morgan fingerprint density at radius 2 is 1.66 bits per heavy atom. The Bertz CT molecular complexity index is 1240. The van der Waals surface area contributed by atoms with Gasteiger partial charge in [-0.2, -0.15) is 0 Å². The van der Waals surface area contributed by atoms with Crippen molar-refractivity contribution in [3.63, 3.8) is 0 Å². The van der Waals surface area contributed by atoms with Crippen molar-refractivity contribution in [1.82, 2.24) is 4.98 Å². The van der Waals surface area contributed by atoms with Crippen LogP contribution in [0.15, 0.2) is 84.9 Å². The van der Waals surface area contributed by atoms with Crippen LogP contribution in [0.3, 0.4) is 0 Å². The molecule has 1 aliphatic rings. The first-order chi connectivity index (χ1) is 14.3. The number of anilines is 1. The SMILES string of the molecule is O=C1Nc2ccccc2/C1=C\c1ccc(OCc2ccc3ccccc3n2)cc1. The van der Waals surface area contributed by atoms with Gasteiger partial charge in [0.05, 0.1) is 11.2 Å². The van der Waals surface area contributed by atoms with E-state index in [9.17, 15) is 4.79 Å². The zero-order chi connectivity index (χ0) is 19.6. The standard InChI is InChI=1S/C25H18N2O2/c28-25-22(21-6-2-4-8-24(21)27-25)15-17-9-13-20(14-10-17)29-16-19-12-11-18-5-1-3-7-23(18)26-19/h1-15H,16H2,(H,27,28)/b22-15+. The molecular formula is C25H18N2O2. The van der Waals surface area contributed by atoms with Gasteiger partial charge in [-0.15, -0.1) is 0 Å². The molecular weight excluding hydrogens is 360 g/mol. The summed E-state index contributed by atoms with van der Waals surface area (Å²) in [6.45, 7) is 0.404. The first-order valence-corrected chi connectivity index (χ1v) is 9.46. The lowest BCUT2D eigenvalue weighted by molar-refractivity contribution is -0.110. The molecule has 4 aromatic rings. The molecule has 0 radical (unpaired) electrons. The smallest absolute Gasteiger partial charge is 0.256 e. The lowest BCUT2D eigenvalue weighted by Gasteiger charge is -2.07. The van der Waals surface area contributed by atoms with Crippen LogP contribution < -0.4 is 10.1 Å². The van der Waals surface area contributed by atoms with Gasteiger partial charge in [0.25, 0.3) is 5.91 Å². The maximum Gasteiger partial charge on any atom is 0.256 e. The number of nitrogens with one attached hydrogen (secondary N) is 1. The largest absolute Gasteiger partial charge is 0.487 e. The van der Waals surface area contributed by atoms with Crippen LogP contribution in [0.2, 0.25) is 0 Å². The molecule has 0 spiro atoms. The van der Waals surface area contributed by atoms with Gasteiger partial charge in [-0.05, 0) is 42.0 Å². The molecule has 140 valence electrons. The second-order valence-corrected chi connectivity index (χ2v) is 6.91. The van der Waals surface area contributed by atoms with Crippen molar-refractivity contribution in [2.45, 2.75) is 6.61 Å². The number of fused-ring (bicyclic) bond motifs is 2. The normalized spacial score (nSPS) is 14.1. The summed E-state index contributed by atoms with van der Waals surface area (Å²) < 4.78 is 5.88. The molecule has 0 aliphatic carbocycles. The highest BCUT2D eigenvalue weighted by Crippen LogP contribution is 2.32. The third-order valence-corrected chi connectivity index (χ3v) is 4.94. The van der Waals surface area contributed by atoms with Crippen LogP contribution in [0.1, 0.15) is 16.8 Å². The van der Waals surface area contributed by atoms with E-state index in [1.54, 1.807) is 0 Å². The van der Waals surface area contributed by atoms with E-state index in [2.05, 4.69) is 16.4 Å². The van der Waals surface area contributed by atoms with Gasteiger partial charge in [-0.1, -0.05) is 54.6 Å². The highest BCUT2D eigenvalue weighted by Gasteiger charge is 2.23. The van der Waals surface area contributed by atoms with Gasteiger partial charge in [0, 0.05) is 22.2 Å². The molecule has 1 aromatic heterocycles. The van der Waals surface area contributed by atoms with Gasteiger partial charge >= 0.3 is 0 Å². The van der Waals surface area contributed by atoms with Crippen LogP contribution in [-0.2, 0) is 11.4 Å². The number of benzene rings is 3. The number of rotatable bonds is 4. The summed E-state index contributed by atoms with van der Waals surface area (Å²) in [7, 11) is 0. The highest BCUT2D eigenvalue weighted by molar-refractivity contribution is 6.34. The van der Waals surface area contributed by atoms with E-state index in [4.69, 9.17) is 4.74 Å². The summed E-state index contributed by atoms with van der Waals surface area (Å²) in [5.74, 6) is 0.687. The Labute approximate surface area is 168 Å².